The first-order chi connectivity index (χ1) is 8.81. The van der Waals surface area contributed by atoms with Crippen LogP contribution in [0.5, 0.6) is 0 Å². The number of ether oxygens (including phenoxy) is 1. The molecule has 0 heterocycles. The van der Waals surface area contributed by atoms with Crippen molar-refractivity contribution >= 4 is 11.8 Å². The molecule has 0 aliphatic carbocycles. The molecule has 102 valence electrons. The van der Waals surface area contributed by atoms with Crippen LogP contribution in [0.2, 0.25) is 0 Å². The highest BCUT2D eigenvalue weighted by atomic mass is 19.1. The highest BCUT2D eigenvalue weighted by molar-refractivity contribution is 5.84. The molecule has 4 nitrogen and oxygen atoms in total. The van der Waals surface area contributed by atoms with E-state index in [-0.39, 0.29) is 6.42 Å². The Labute approximate surface area is 112 Å². The number of nitrogens with one attached hydrogen (secondary N) is 1. The summed E-state index contributed by atoms with van der Waals surface area (Å²) in [7, 11) is 0. The first-order valence-corrected chi connectivity index (χ1v) is 5.97. The van der Waals surface area contributed by atoms with E-state index in [0.717, 1.165) is 0 Å². The smallest absolute Gasteiger partial charge is 0.412 e. The van der Waals surface area contributed by atoms with Crippen molar-refractivity contribution in [2.75, 3.05) is 5.32 Å². The fourth-order valence-corrected chi connectivity index (χ4v) is 1.44. The zero-order chi connectivity index (χ0) is 14.5. The maximum absolute atomic E-state index is 13.7. The molecule has 0 aliphatic heterocycles. The molecule has 0 aromatic heterocycles. The van der Waals surface area contributed by atoms with Crippen molar-refractivity contribution in [1.29, 1.82) is 5.26 Å². The Bertz CT molecular complexity index is 501. The molecule has 5 heteroatoms. The van der Waals surface area contributed by atoms with E-state index >= 15 is 0 Å². The van der Waals surface area contributed by atoms with Crippen molar-refractivity contribution in [2.24, 2.45) is 0 Å². The fraction of sp³-hybridized carbons (Fsp3) is 0.429. The van der Waals surface area contributed by atoms with E-state index in [1.54, 1.807) is 32.9 Å². The lowest BCUT2D eigenvalue weighted by molar-refractivity contribution is 0.0636. The Morgan fingerprint density at radius 3 is 2.68 bits per heavy atom. The zero-order valence-corrected chi connectivity index (χ0v) is 11.3. The van der Waals surface area contributed by atoms with Gasteiger partial charge in [0, 0.05) is 12.1 Å². The zero-order valence-electron chi connectivity index (χ0n) is 11.3. The van der Waals surface area contributed by atoms with Gasteiger partial charge in [-0.1, -0.05) is 6.07 Å². The standard InChI is InChI=1S/C14H17FN2O2/c1-14(2,3)19-13(18)17-11-7-6-10(5-4-8-16)12(15)9-11/h6-7,9H,4-5H2,1-3H3,(H,17,18). The maximum Gasteiger partial charge on any atom is 0.412 e. The molecular weight excluding hydrogens is 247 g/mol. The third-order valence-corrected chi connectivity index (χ3v) is 2.20. The van der Waals surface area contributed by atoms with Gasteiger partial charge in [-0.05, 0) is 44.9 Å². The highest BCUT2D eigenvalue weighted by Gasteiger charge is 2.16. The van der Waals surface area contributed by atoms with E-state index in [1.807, 2.05) is 6.07 Å². The number of rotatable bonds is 3. The minimum absolute atomic E-state index is 0.260. The second-order valence-corrected chi connectivity index (χ2v) is 5.09. The second kappa shape index (κ2) is 6.19. The van der Waals surface area contributed by atoms with Gasteiger partial charge in [-0.15, -0.1) is 0 Å². The molecule has 1 N–H and O–H groups in total. The molecule has 0 fully saturated rings. The van der Waals surface area contributed by atoms with Gasteiger partial charge in [0.1, 0.15) is 11.4 Å². The van der Waals surface area contributed by atoms with Gasteiger partial charge in [0.2, 0.25) is 0 Å². The summed E-state index contributed by atoms with van der Waals surface area (Å²) in [4.78, 5) is 11.5. The summed E-state index contributed by atoms with van der Waals surface area (Å²) in [5, 5.41) is 10.9. The molecule has 1 rings (SSSR count). The van der Waals surface area contributed by atoms with Crippen molar-refractivity contribution in [3.63, 3.8) is 0 Å². The Morgan fingerprint density at radius 1 is 1.47 bits per heavy atom. The number of anilines is 1. The molecule has 0 bridgehead atoms. The fourth-order valence-electron chi connectivity index (χ4n) is 1.44. The summed E-state index contributed by atoms with van der Waals surface area (Å²) < 4.78 is 18.7. The molecule has 0 unspecified atom stereocenters. The lowest BCUT2D eigenvalue weighted by atomic mass is 10.1. The Morgan fingerprint density at radius 2 is 2.16 bits per heavy atom. The van der Waals surface area contributed by atoms with Gasteiger partial charge < -0.3 is 4.74 Å². The Hall–Kier alpha value is -2.09. The van der Waals surface area contributed by atoms with Crippen LogP contribution in [0.4, 0.5) is 14.9 Å². The van der Waals surface area contributed by atoms with E-state index < -0.39 is 17.5 Å². The average molecular weight is 264 g/mol. The summed E-state index contributed by atoms with van der Waals surface area (Å²) in [5.74, 6) is -0.441. The SMILES string of the molecule is CC(C)(C)OC(=O)Nc1ccc(CCC#N)c(F)c1. The van der Waals surface area contributed by atoms with Crippen molar-refractivity contribution < 1.29 is 13.9 Å². The number of carbonyl (C=O) groups is 1. The van der Waals surface area contributed by atoms with Crippen molar-refractivity contribution in [1.82, 2.24) is 0 Å². The monoisotopic (exact) mass is 264 g/mol. The third kappa shape index (κ3) is 5.38. The molecule has 1 aromatic rings. The van der Waals surface area contributed by atoms with Crippen LogP contribution in [-0.4, -0.2) is 11.7 Å². The molecule has 0 saturated heterocycles. The van der Waals surface area contributed by atoms with Crippen LogP contribution in [0.25, 0.3) is 0 Å². The van der Waals surface area contributed by atoms with Gasteiger partial charge in [0.05, 0.1) is 6.07 Å². The van der Waals surface area contributed by atoms with Crippen LogP contribution in [-0.2, 0) is 11.2 Å². The second-order valence-electron chi connectivity index (χ2n) is 5.09. The minimum atomic E-state index is -0.628. The first kappa shape index (κ1) is 15.0. The molecule has 1 amide bonds. The van der Waals surface area contributed by atoms with Crippen LogP contribution in [0, 0.1) is 17.1 Å². The number of carbonyl (C=O) groups excluding carboxylic acids is 1. The van der Waals surface area contributed by atoms with Gasteiger partial charge in [-0.25, -0.2) is 9.18 Å². The summed E-state index contributed by atoms with van der Waals surface area (Å²) in [5.41, 5.74) is 0.179. The van der Waals surface area contributed by atoms with E-state index in [2.05, 4.69) is 5.32 Å². The number of hydrogen-bond donors (Lipinski definition) is 1. The van der Waals surface area contributed by atoms with Crippen LogP contribution >= 0.6 is 0 Å². The Kier molecular flexibility index (Phi) is 4.87. The number of halogens is 1. The van der Waals surface area contributed by atoms with Crippen molar-refractivity contribution in [3.8, 4) is 6.07 Å². The average Bonchev–Trinajstić information content (AvgIpc) is 2.25. The summed E-state index contributed by atoms with van der Waals surface area (Å²) in [6.07, 6.45) is -0.0122. The molecule has 1 aromatic carbocycles. The van der Waals surface area contributed by atoms with Gasteiger partial charge in [-0.3, -0.25) is 5.32 Å². The highest BCUT2D eigenvalue weighted by Crippen LogP contribution is 2.17. The van der Waals surface area contributed by atoms with E-state index in [0.29, 0.717) is 17.7 Å². The van der Waals surface area contributed by atoms with E-state index in [9.17, 15) is 9.18 Å². The first-order valence-electron chi connectivity index (χ1n) is 5.97. The minimum Gasteiger partial charge on any atom is -0.444 e. The maximum atomic E-state index is 13.7. The van der Waals surface area contributed by atoms with Crippen molar-refractivity contribution in [3.05, 3.63) is 29.6 Å². The summed E-state index contributed by atoms with van der Waals surface area (Å²) >= 11 is 0. The quantitative estimate of drug-likeness (QED) is 0.906. The number of nitrogens with zero attached hydrogens (tertiary/aromatic N) is 1. The molecule has 0 saturated carbocycles. The molecule has 0 aliphatic rings. The number of amides is 1. The largest absolute Gasteiger partial charge is 0.444 e. The van der Waals surface area contributed by atoms with Crippen LogP contribution in [0.1, 0.15) is 32.8 Å². The van der Waals surface area contributed by atoms with Crippen molar-refractivity contribution in [2.45, 2.75) is 39.2 Å². The van der Waals surface area contributed by atoms with E-state index in [4.69, 9.17) is 10.00 Å². The predicted molar refractivity (Wildman–Crippen MR) is 70.2 cm³/mol. The van der Waals surface area contributed by atoms with Crippen LogP contribution in [0.3, 0.4) is 0 Å². The lowest BCUT2D eigenvalue weighted by Crippen LogP contribution is -2.27. The molecule has 0 atom stereocenters. The lowest BCUT2D eigenvalue weighted by Gasteiger charge is -2.19. The predicted octanol–water partition coefficient (Wildman–Crippen LogP) is 3.63. The number of hydrogen-bond acceptors (Lipinski definition) is 3. The summed E-state index contributed by atoms with van der Waals surface area (Å²) in [6, 6.07) is 6.32. The third-order valence-electron chi connectivity index (χ3n) is 2.20. The number of benzene rings is 1. The normalized spacial score (nSPS) is 10.7. The molecule has 0 radical (unpaired) electrons. The molecular formula is C14H17FN2O2. The number of nitriles is 1. The molecule has 19 heavy (non-hydrogen) atoms. The van der Waals surface area contributed by atoms with Gasteiger partial charge in [0.15, 0.2) is 0 Å². The van der Waals surface area contributed by atoms with Gasteiger partial charge >= 0.3 is 6.09 Å². The van der Waals surface area contributed by atoms with Gasteiger partial charge in [0.25, 0.3) is 0 Å². The van der Waals surface area contributed by atoms with E-state index in [1.165, 1.54) is 6.07 Å². The summed E-state index contributed by atoms with van der Waals surface area (Å²) in [6.45, 7) is 5.24. The van der Waals surface area contributed by atoms with Crippen LogP contribution in [0.15, 0.2) is 18.2 Å². The Balaban J connectivity index is 2.69. The van der Waals surface area contributed by atoms with Gasteiger partial charge in [-0.2, -0.15) is 5.26 Å². The molecule has 0 spiro atoms. The van der Waals surface area contributed by atoms with Crippen LogP contribution < -0.4 is 5.32 Å². The topological polar surface area (TPSA) is 62.1 Å². The number of aryl methyl sites for hydroxylation is 1.